The van der Waals surface area contributed by atoms with E-state index in [0.717, 1.165) is 114 Å². The van der Waals surface area contributed by atoms with Crippen molar-refractivity contribution in [3.05, 3.63) is 0 Å². The number of phosphoric acid groups is 2. The summed E-state index contributed by atoms with van der Waals surface area (Å²) < 4.78 is 68.7. The van der Waals surface area contributed by atoms with Crippen molar-refractivity contribution < 1.29 is 80.2 Å². The third kappa shape index (κ3) is 73.6. The van der Waals surface area contributed by atoms with Crippen molar-refractivity contribution in [2.45, 2.75) is 446 Å². The molecule has 0 aliphatic carbocycles. The van der Waals surface area contributed by atoms with E-state index in [0.29, 0.717) is 31.6 Å². The number of esters is 4. The average molecular weight is 1490 g/mol. The van der Waals surface area contributed by atoms with Crippen LogP contribution in [-0.2, 0) is 65.4 Å². The lowest BCUT2D eigenvalue weighted by Crippen LogP contribution is -2.30. The Kier molecular flexibility index (Phi) is 70.6. The molecule has 0 heterocycles. The summed E-state index contributed by atoms with van der Waals surface area (Å²) >= 11 is 0. The van der Waals surface area contributed by atoms with Gasteiger partial charge >= 0.3 is 39.5 Å². The maximum Gasteiger partial charge on any atom is 0.472 e. The van der Waals surface area contributed by atoms with Gasteiger partial charge in [-0.15, -0.1) is 0 Å². The number of hydrogen-bond donors (Lipinski definition) is 3. The zero-order valence-electron chi connectivity index (χ0n) is 67.2. The van der Waals surface area contributed by atoms with Gasteiger partial charge in [-0.2, -0.15) is 0 Å². The van der Waals surface area contributed by atoms with Crippen LogP contribution in [0, 0.1) is 23.7 Å². The molecule has 0 aromatic rings. The number of hydrogen-bond acceptors (Lipinski definition) is 15. The topological polar surface area (TPSA) is 237 Å². The van der Waals surface area contributed by atoms with E-state index in [-0.39, 0.29) is 25.7 Å². The largest absolute Gasteiger partial charge is 0.472 e. The second-order valence-electron chi connectivity index (χ2n) is 31.3. The van der Waals surface area contributed by atoms with Gasteiger partial charge in [0, 0.05) is 25.7 Å². The molecule has 5 unspecified atom stereocenters. The molecule has 0 saturated carbocycles. The molecule has 0 amide bonds. The van der Waals surface area contributed by atoms with E-state index < -0.39 is 97.5 Å². The summed E-state index contributed by atoms with van der Waals surface area (Å²) in [5.74, 6) is 1.02. The van der Waals surface area contributed by atoms with Crippen molar-refractivity contribution in [2.24, 2.45) is 23.7 Å². The van der Waals surface area contributed by atoms with Gasteiger partial charge < -0.3 is 33.8 Å². The Bertz CT molecular complexity index is 1990. The number of rotatable bonds is 80. The van der Waals surface area contributed by atoms with Crippen LogP contribution in [0.1, 0.15) is 428 Å². The molecular weight excluding hydrogens is 1330 g/mol. The molecule has 102 heavy (non-hydrogen) atoms. The first-order valence-electron chi connectivity index (χ1n) is 42.8. The molecule has 0 fully saturated rings. The number of carbonyl (C=O) groups is 4. The predicted molar refractivity (Wildman–Crippen MR) is 418 cm³/mol. The van der Waals surface area contributed by atoms with Crippen molar-refractivity contribution in [1.29, 1.82) is 0 Å². The van der Waals surface area contributed by atoms with Crippen LogP contribution in [0.5, 0.6) is 0 Å². The van der Waals surface area contributed by atoms with Gasteiger partial charge in [-0.05, 0) is 49.4 Å². The first kappa shape index (κ1) is 100. The monoisotopic (exact) mass is 1490 g/mol. The van der Waals surface area contributed by atoms with E-state index >= 15 is 0 Å². The lowest BCUT2D eigenvalue weighted by atomic mass is 9.99. The second-order valence-corrected chi connectivity index (χ2v) is 34.2. The van der Waals surface area contributed by atoms with Crippen molar-refractivity contribution in [3.8, 4) is 0 Å². The van der Waals surface area contributed by atoms with Gasteiger partial charge in [0.1, 0.15) is 19.3 Å². The zero-order valence-corrected chi connectivity index (χ0v) is 69.0. The third-order valence-corrected chi connectivity index (χ3v) is 21.9. The normalized spacial score (nSPS) is 14.5. The predicted octanol–water partition coefficient (Wildman–Crippen LogP) is 24.8. The summed E-state index contributed by atoms with van der Waals surface area (Å²) in [4.78, 5) is 73.0. The van der Waals surface area contributed by atoms with Gasteiger partial charge in [0.25, 0.3) is 0 Å². The molecule has 0 aromatic heterocycles. The van der Waals surface area contributed by atoms with Gasteiger partial charge in [-0.25, -0.2) is 9.13 Å². The van der Waals surface area contributed by atoms with Crippen LogP contribution in [0.25, 0.3) is 0 Å². The Morgan fingerprint density at radius 1 is 0.275 bits per heavy atom. The molecule has 0 rings (SSSR count). The molecule has 0 saturated heterocycles. The highest BCUT2D eigenvalue weighted by Gasteiger charge is 2.30. The minimum Gasteiger partial charge on any atom is -0.462 e. The van der Waals surface area contributed by atoms with Gasteiger partial charge in [0.15, 0.2) is 12.2 Å². The van der Waals surface area contributed by atoms with Crippen LogP contribution in [0.15, 0.2) is 0 Å². The highest BCUT2D eigenvalue weighted by Crippen LogP contribution is 2.45. The summed E-state index contributed by atoms with van der Waals surface area (Å²) in [7, 11) is -9.92. The minimum absolute atomic E-state index is 0.107. The Labute approximate surface area is 626 Å². The van der Waals surface area contributed by atoms with Crippen LogP contribution in [0.4, 0.5) is 0 Å². The van der Waals surface area contributed by atoms with Crippen molar-refractivity contribution in [1.82, 2.24) is 0 Å². The quantitative estimate of drug-likeness (QED) is 0.0222. The third-order valence-electron chi connectivity index (χ3n) is 20.0. The van der Waals surface area contributed by atoms with Gasteiger partial charge in [-0.1, -0.05) is 376 Å². The van der Waals surface area contributed by atoms with Crippen LogP contribution in [0.2, 0.25) is 0 Å². The molecule has 0 aliphatic heterocycles. The molecule has 0 aliphatic rings. The van der Waals surface area contributed by atoms with Crippen LogP contribution < -0.4 is 0 Å². The maximum atomic E-state index is 13.1. The summed E-state index contributed by atoms with van der Waals surface area (Å²) in [5.41, 5.74) is 0. The smallest absolute Gasteiger partial charge is 0.462 e. The number of aliphatic hydroxyl groups excluding tert-OH is 1. The lowest BCUT2D eigenvalue weighted by Gasteiger charge is -2.21. The maximum absolute atomic E-state index is 13.1. The van der Waals surface area contributed by atoms with E-state index in [1.165, 1.54) is 225 Å². The molecule has 19 heteroatoms. The lowest BCUT2D eigenvalue weighted by molar-refractivity contribution is -0.161. The Morgan fingerprint density at radius 2 is 0.471 bits per heavy atom. The molecule has 7 atom stereocenters. The van der Waals surface area contributed by atoms with Crippen LogP contribution in [-0.4, -0.2) is 96.7 Å². The SMILES string of the molecule is CCC(C)CCCCCCCCCCCCCCCCCCCCC(=O)O[C@H](COC(=O)CCCCCCCCCCC(C)CC)COP(=O)(O)OCC(O)COP(=O)(O)OC[C@@H](COC(=O)CCCCCCCCC(C)C)OC(=O)CCCCCCCCCCCCCCCCCCC(C)C. The Hall–Kier alpha value is -1.94. The van der Waals surface area contributed by atoms with Crippen molar-refractivity contribution >= 4 is 39.5 Å². The second kappa shape index (κ2) is 72.0. The summed E-state index contributed by atoms with van der Waals surface area (Å²) in [5, 5.41) is 10.6. The molecular formula is C83H162O17P2. The van der Waals surface area contributed by atoms with Gasteiger partial charge in [0.05, 0.1) is 26.4 Å². The number of ether oxygens (including phenoxy) is 4. The molecule has 0 bridgehead atoms. The highest BCUT2D eigenvalue weighted by molar-refractivity contribution is 7.47. The van der Waals surface area contributed by atoms with Crippen molar-refractivity contribution in [3.63, 3.8) is 0 Å². The van der Waals surface area contributed by atoms with E-state index in [4.69, 9.17) is 37.0 Å². The fourth-order valence-corrected chi connectivity index (χ4v) is 14.3. The highest BCUT2D eigenvalue weighted by atomic mass is 31.2. The van der Waals surface area contributed by atoms with Crippen LogP contribution in [0.3, 0.4) is 0 Å². The van der Waals surface area contributed by atoms with Crippen molar-refractivity contribution in [2.75, 3.05) is 39.6 Å². The van der Waals surface area contributed by atoms with E-state index in [9.17, 15) is 43.2 Å². The standard InChI is InChI=1S/C83H162O17P2/c1-9-75(7)61-53-45-36-30-26-22-18-13-11-12-14-19-23-27-31-39-49-57-65-82(87)99-78(69-93-80(85)63-55-47-38-34-33-37-46-54-62-76(8)10-2)71-97-101(89,90)95-67-77(84)68-96-102(91,92)98-72-79(70-94-81(86)64-56-48-42-41-44-52-60-74(5)6)100-83(88)66-58-50-40-32-28-24-20-16-15-17-21-25-29-35-43-51-59-73(3)4/h73-79,84H,9-72H2,1-8H3,(H,89,90)(H,91,92)/t75?,76?,77?,78-,79-/m1/s1. The Morgan fingerprint density at radius 3 is 0.696 bits per heavy atom. The first-order chi connectivity index (χ1) is 49.2. The van der Waals surface area contributed by atoms with Gasteiger partial charge in [0.2, 0.25) is 0 Å². The minimum atomic E-state index is -4.96. The van der Waals surface area contributed by atoms with E-state index in [2.05, 4.69) is 55.4 Å². The molecule has 17 nitrogen and oxygen atoms in total. The Balaban J connectivity index is 5.17. The summed E-state index contributed by atoms with van der Waals surface area (Å²) in [6.45, 7) is 14.3. The number of unbranched alkanes of at least 4 members (excludes halogenated alkanes) is 44. The van der Waals surface area contributed by atoms with Crippen LogP contribution >= 0.6 is 15.6 Å². The number of phosphoric ester groups is 2. The molecule has 0 spiro atoms. The number of carbonyl (C=O) groups excluding carboxylic acids is 4. The molecule has 3 N–H and O–H groups in total. The summed E-state index contributed by atoms with van der Waals surface area (Å²) in [6.07, 6.45) is 59.9. The molecule has 0 radical (unpaired) electrons. The fraction of sp³-hybridized carbons (Fsp3) is 0.952. The summed E-state index contributed by atoms with van der Waals surface area (Å²) in [6, 6.07) is 0. The first-order valence-corrected chi connectivity index (χ1v) is 45.8. The zero-order chi connectivity index (χ0) is 75.3. The van der Waals surface area contributed by atoms with Gasteiger partial charge in [-0.3, -0.25) is 37.3 Å². The average Bonchev–Trinajstić information content (AvgIpc) is 0.911. The van der Waals surface area contributed by atoms with E-state index in [1.54, 1.807) is 0 Å². The van der Waals surface area contributed by atoms with E-state index in [1.807, 2.05) is 0 Å². The number of aliphatic hydroxyl groups is 1. The molecule has 0 aromatic carbocycles. The fourth-order valence-electron chi connectivity index (χ4n) is 12.7. The molecule has 606 valence electrons.